The van der Waals surface area contributed by atoms with Gasteiger partial charge in [0.1, 0.15) is 17.3 Å². The van der Waals surface area contributed by atoms with Crippen molar-refractivity contribution >= 4 is 17.4 Å². The van der Waals surface area contributed by atoms with Crippen molar-refractivity contribution in [2.45, 2.75) is 19.4 Å². The molecule has 0 aliphatic carbocycles. The second kappa shape index (κ2) is 7.90. The lowest BCUT2D eigenvalue weighted by molar-refractivity contribution is 0.249. The van der Waals surface area contributed by atoms with E-state index >= 15 is 0 Å². The average molecular weight is 397 g/mol. The number of benzene rings is 2. The number of nitrogens with zero attached hydrogens (tertiary/aromatic N) is 3. The van der Waals surface area contributed by atoms with Crippen LogP contribution in [0.5, 0.6) is 0 Å². The zero-order chi connectivity index (χ0) is 20.4. The number of rotatable bonds is 4. The number of hydrogen-bond donors (Lipinski definition) is 2. The van der Waals surface area contributed by atoms with Gasteiger partial charge in [-0.05, 0) is 55.3 Å². The molecule has 1 fully saturated rings. The number of nitrogens with one attached hydrogen (secondary N) is 2. The fourth-order valence-corrected chi connectivity index (χ4v) is 3.57. The van der Waals surface area contributed by atoms with E-state index in [0.29, 0.717) is 25.2 Å². The number of para-hydroxylation sites is 1. The van der Waals surface area contributed by atoms with Crippen molar-refractivity contribution in [3.05, 3.63) is 72.1 Å². The van der Waals surface area contributed by atoms with Crippen LogP contribution in [-0.2, 0) is 0 Å². The number of aromatic nitrogens is 2. The first kappa shape index (κ1) is 18.9. The number of urea groups is 1. The van der Waals surface area contributed by atoms with E-state index in [0.717, 1.165) is 11.3 Å². The lowest BCUT2D eigenvalue weighted by Crippen LogP contribution is -2.40. The third-order valence-electron chi connectivity index (χ3n) is 5.00. The van der Waals surface area contributed by atoms with Crippen molar-refractivity contribution in [1.29, 1.82) is 0 Å². The minimum absolute atomic E-state index is 0.0396. The molecule has 150 valence electrons. The summed E-state index contributed by atoms with van der Waals surface area (Å²) in [5, 5.41) is 9.91. The highest BCUT2D eigenvalue weighted by Crippen LogP contribution is 2.27. The lowest BCUT2D eigenvalue weighted by atomic mass is 10.2. The van der Waals surface area contributed by atoms with E-state index in [1.807, 2.05) is 37.4 Å². The molecule has 4 rings (SSSR count). The Morgan fingerprint density at radius 2 is 1.97 bits per heavy atom. The third-order valence-corrected chi connectivity index (χ3v) is 5.00. The zero-order valence-corrected chi connectivity index (χ0v) is 15.9. The Morgan fingerprint density at radius 1 is 1.17 bits per heavy atom. The van der Waals surface area contributed by atoms with Crippen molar-refractivity contribution in [3.63, 3.8) is 0 Å². The summed E-state index contributed by atoms with van der Waals surface area (Å²) >= 11 is 0. The van der Waals surface area contributed by atoms with Crippen molar-refractivity contribution in [1.82, 2.24) is 15.1 Å². The molecule has 1 aliphatic heterocycles. The summed E-state index contributed by atoms with van der Waals surface area (Å²) in [6.45, 7) is 2.73. The molecule has 0 unspecified atom stereocenters. The first-order valence-corrected chi connectivity index (χ1v) is 9.38. The number of hydrogen-bond acceptors (Lipinski definition) is 3. The molecule has 8 heteroatoms. The molecule has 0 saturated carbocycles. The smallest absolute Gasteiger partial charge is 0.319 e. The van der Waals surface area contributed by atoms with Crippen LogP contribution < -0.4 is 15.5 Å². The summed E-state index contributed by atoms with van der Waals surface area (Å²) < 4.78 is 29.7. The van der Waals surface area contributed by atoms with Gasteiger partial charge in [-0.15, -0.1) is 0 Å². The summed E-state index contributed by atoms with van der Waals surface area (Å²) in [6.07, 6.45) is 4.16. The summed E-state index contributed by atoms with van der Waals surface area (Å²) in [4.78, 5) is 14.0. The van der Waals surface area contributed by atoms with Crippen molar-refractivity contribution in [2.24, 2.45) is 0 Å². The Morgan fingerprint density at radius 3 is 2.66 bits per heavy atom. The van der Waals surface area contributed by atoms with E-state index < -0.39 is 11.6 Å². The molecule has 0 spiro atoms. The predicted molar refractivity (Wildman–Crippen MR) is 107 cm³/mol. The lowest BCUT2D eigenvalue weighted by Gasteiger charge is -2.20. The number of halogens is 2. The fourth-order valence-electron chi connectivity index (χ4n) is 3.57. The highest BCUT2D eigenvalue weighted by molar-refractivity contribution is 5.90. The van der Waals surface area contributed by atoms with Crippen molar-refractivity contribution < 1.29 is 13.6 Å². The summed E-state index contributed by atoms with van der Waals surface area (Å²) in [5.41, 5.74) is 2.45. The fraction of sp³-hybridized carbons (Fsp3) is 0.238. The maximum Gasteiger partial charge on any atom is 0.319 e. The molecular weight excluding hydrogens is 376 g/mol. The van der Waals surface area contributed by atoms with Crippen LogP contribution in [-0.4, -0.2) is 34.9 Å². The van der Waals surface area contributed by atoms with Gasteiger partial charge in [0, 0.05) is 37.2 Å². The van der Waals surface area contributed by atoms with E-state index in [2.05, 4.69) is 15.7 Å². The van der Waals surface area contributed by atoms with Gasteiger partial charge in [0.2, 0.25) is 0 Å². The monoisotopic (exact) mass is 397 g/mol. The predicted octanol–water partition coefficient (Wildman–Crippen LogP) is 3.86. The Kier molecular flexibility index (Phi) is 5.16. The molecule has 1 saturated heterocycles. The molecule has 6 nitrogen and oxygen atoms in total. The quantitative estimate of drug-likeness (QED) is 0.703. The SMILES string of the molecule is Cc1cc(-n2cccn2)ccc1NC(=O)N[C@@H]1CCN(c2c(F)cccc2F)C1. The number of amides is 2. The second-order valence-corrected chi connectivity index (χ2v) is 7.05. The van der Waals surface area contributed by atoms with Crippen LogP contribution in [0.15, 0.2) is 54.9 Å². The molecule has 1 aromatic heterocycles. The molecular formula is C21H21F2N5O. The van der Waals surface area contributed by atoms with Crippen LogP contribution in [0.2, 0.25) is 0 Å². The maximum absolute atomic E-state index is 14.0. The molecule has 0 radical (unpaired) electrons. The largest absolute Gasteiger partial charge is 0.365 e. The van der Waals surface area contributed by atoms with Gasteiger partial charge in [-0.1, -0.05) is 6.07 Å². The van der Waals surface area contributed by atoms with Gasteiger partial charge in [0.15, 0.2) is 0 Å². The van der Waals surface area contributed by atoms with E-state index in [9.17, 15) is 13.6 Å². The van der Waals surface area contributed by atoms with E-state index in [1.165, 1.54) is 18.2 Å². The highest BCUT2D eigenvalue weighted by atomic mass is 19.1. The number of carbonyl (C=O) groups excluding carboxylic acids is 1. The molecule has 29 heavy (non-hydrogen) atoms. The Balaban J connectivity index is 1.37. The molecule has 2 heterocycles. The van der Waals surface area contributed by atoms with Gasteiger partial charge in [-0.25, -0.2) is 18.3 Å². The highest BCUT2D eigenvalue weighted by Gasteiger charge is 2.27. The molecule has 2 aromatic carbocycles. The van der Waals surface area contributed by atoms with Gasteiger partial charge in [-0.2, -0.15) is 5.10 Å². The van der Waals surface area contributed by atoms with Crippen LogP contribution in [0, 0.1) is 18.6 Å². The normalized spacial score (nSPS) is 16.1. The zero-order valence-electron chi connectivity index (χ0n) is 15.9. The third kappa shape index (κ3) is 4.06. The van der Waals surface area contributed by atoms with Crippen LogP contribution >= 0.6 is 0 Å². The van der Waals surface area contributed by atoms with Gasteiger partial charge in [-0.3, -0.25) is 0 Å². The molecule has 1 atom stereocenters. The minimum Gasteiger partial charge on any atom is -0.365 e. The van der Waals surface area contributed by atoms with E-state index in [1.54, 1.807) is 15.8 Å². The van der Waals surface area contributed by atoms with Gasteiger partial charge < -0.3 is 15.5 Å². The van der Waals surface area contributed by atoms with Gasteiger partial charge in [0.25, 0.3) is 0 Å². The summed E-state index contributed by atoms with van der Waals surface area (Å²) in [6, 6.07) is 10.7. The standard InChI is InChI=1S/C21H21F2N5O/c1-14-12-16(28-10-3-9-24-28)6-7-19(14)26-21(29)25-15-8-11-27(13-15)20-17(22)4-2-5-18(20)23/h2-7,9-10,12,15H,8,11,13H2,1H3,(H2,25,26,29)/t15-/m1/s1. The Hall–Kier alpha value is -3.42. The van der Waals surface area contributed by atoms with Gasteiger partial charge in [0.05, 0.1) is 5.69 Å². The molecule has 3 aromatic rings. The molecule has 2 amide bonds. The molecule has 0 bridgehead atoms. The number of carbonyl (C=O) groups is 1. The van der Waals surface area contributed by atoms with Crippen molar-refractivity contribution in [3.8, 4) is 5.69 Å². The van der Waals surface area contributed by atoms with Crippen LogP contribution in [0.4, 0.5) is 25.0 Å². The molecule has 2 N–H and O–H groups in total. The maximum atomic E-state index is 14.0. The second-order valence-electron chi connectivity index (χ2n) is 7.05. The minimum atomic E-state index is -0.594. The Labute approximate surface area is 167 Å². The summed E-state index contributed by atoms with van der Waals surface area (Å²) in [5.74, 6) is -1.19. The topological polar surface area (TPSA) is 62.2 Å². The first-order valence-electron chi connectivity index (χ1n) is 9.38. The number of anilines is 2. The van der Waals surface area contributed by atoms with E-state index in [4.69, 9.17) is 0 Å². The average Bonchev–Trinajstić information content (AvgIpc) is 3.36. The molecule has 1 aliphatic rings. The number of aryl methyl sites for hydroxylation is 1. The van der Waals surface area contributed by atoms with Crippen LogP contribution in [0.25, 0.3) is 5.69 Å². The van der Waals surface area contributed by atoms with Crippen molar-refractivity contribution in [2.75, 3.05) is 23.3 Å². The summed E-state index contributed by atoms with van der Waals surface area (Å²) in [7, 11) is 0. The van der Waals surface area contributed by atoms with Crippen LogP contribution in [0.3, 0.4) is 0 Å². The first-order chi connectivity index (χ1) is 14.0. The van der Waals surface area contributed by atoms with E-state index in [-0.39, 0.29) is 17.8 Å². The van der Waals surface area contributed by atoms with Gasteiger partial charge >= 0.3 is 6.03 Å². The van der Waals surface area contributed by atoms with Crippen LogP contribution in [0.1, 0.15) is 12.0 Å². The Bertz CT molecular complexity index is 1000.